The molecule has 1 saturated carbocycles. The van der Waals surface area contributed by atoms with Crippen LogP contribution in [0.2, 0.25) is 0 Å². The normalized spacial score (nSPS) is 18.0. The summed E-state index contributed by atoms with van der Waals surface area (Å²) < 4.78 is 13.4. The van der Waals surface area contributed by atoms with E-state index in [1.807, 2.05) is 0 Å². The molecule has 1 N–H and O–H groups in total. The number of imide groups is 1. The molecule has 0 spiro atoms. The monoisotopic (exact) mass is 305 g/mol. The summed E-state index contributed by atoms with van der Waals surface area (Å²) in [6.07, 6.45) is 1.82. The molecular formula is C15H16FN3O3. The van der Waals surface area contributed by atoms with E-state index >= 15 is 0 Å². The van der Waals surface area contributed by atoms with Gasteiger partial charge in [-0.3, -0.25) is 14.5 Å². The van der Waals surface area contributed by atoms with Gasteiger partial charge in [0, 0.05) is 18.2 Å². The maximum Gasteiger partial charge on any atom is 0.327 e. The second kappa shape index (κ2) is 5.75. The summed E-state index contributed by atoms with van der Waals surface area (Å²) in [6, 6.07) is 5.84. The number of carbonyl (C=O) groups is 3. The van der Waals surface area contributed by atoms with E-state index < -0.39 is 17.8 Å². The fraction of sp³-hybridized carbons (Fsp3) is 0.400. The Morgan fingerprint density at radius 2 is 2.00 bits per heavy atom. The van der Waals surface area contributed by atoms with Crippen molar-refractivity contribution in [1.82, 2.24) is 15.1 Å². The number of hydrogen-bond acceptors (Lipinski definition) is 3. The van der Waals surface area contributed by atoms with Gasteiger partial charge in [-0.25, -0.2) is 9.18 Å². The average molecular weight is 305 g/mol. The number of rotatable bonds is 5. The second-order valence-corrected chi connectivity index (χ2v) is 5.49. The third kappa shape index (κ3) is 2.93. The standard InChI is InChI=1S/C15H16FN3O3/c16-12-4-2-1-3-10(12)7-17-13(20)8-19-14(21)9-18(15(19)22)11-5-6-11/h1-4,11H,5-9H2,(H,17,20). The highest BCUT2D eigenvalue weighted by Crippen LogP contribution is 2.30. The number of nitrogens with zero attached hydrogens (tertiary/aromatic N) is 2. The fourth-order valence-corrected chi connectivity index (χ4v) is 2.42. The summed E-state index contributed by atoms with van der Waals surface area (Å²) in [5, 5.41) is 2.52. The molecule has 0 unspecified atom stereocenters. The first-order chi connectivity index (χ1) is 10.6. The number of nitrogens with one attached hydrogen (secondary N) is 1. The molecule has 1 aliphatic heterocycles. The van der Waals surface area contributed by atoms with Crippen LogP contribution in [0.5, 0.6) is 0 Å². The van der Waals surface area contributed by atoms with Gasteiger partial charge in [-0.1, -0.05) is 18.2 Å². The molecule has 2 aliphatic rings. The predicted octanol–water partition coefficient (Wildman–Crippen LogP) is 0.868. The summed E-state index contributed by atoms with van der Waals surface area (Å²) in [6.45, 7) is -0.256. The van der Waals surface area contributed by atoms with Crippen LogP contribution in [0, 0.1) is 5.82 Å². The van der Waals surface area contributed by atoms with Crippen LogP contribution >= 0.6 is 0 Å². The third-order valence-electron chi connectivity index (χ3n) is 3.81. The van der Waals surface area contributed by atoms with Crippen LogP contribution in [0.1, 0.15) is 18.4 Å². The molecular weight excluding hydrogens is 289 g/mol. The minimum absolute atomic E-state index is 0.0219. The van der Waals surface area contributed by atoms with Crippen LogP contribution in [0.15, 0.2) is 24.3 Å². The van der Waals surface area contributed by atoms with Crippen LogP contribution in [0.25, 0.3) is 0 Å². The summed E-state index contributed by atoms with van der Waals surface area (Å²) in [7, 11) is 0. The molecule has 1 aromatic rings. The highest BCUT2D eigenvalue weighted by atomic mass is 19.1. The second-order valence-electron chi connectivity index (χ2n) is 5.49. The van der Waals surface area contributed by atoms with Gasteiger partial charge >= 0.3 is 6.03 Å². The van der Waals surface area contributed by atoms with E-state index in [0.29, 0.717) is 5.56 Å². The maximum atomic E-state index is 13.4. The minimum Gasteiger partial charge on any atom is -0.350 e. The summed E-state index contributed by atoms with van der Waals surface area (Å²) >= 11 is 0. The van der Waals surface area contributed by atoms with E-state index in [9.17, 15) is 18.8 Å². The average Bonchev–Trinajstić information content (AvgIpc) is 3.29. The maximum absolute atomic E-state index is 13.4. The van der Waals surface area contributed by atoms with Gasteiger partial charge in [-0.05, 0) is 18.9 Å². The molecule has 2 fully saturated rings. The Morgan fingerprint density at radius 1 is 1.27 bits per heavy atom. The Morgan fingerprint density at radius 3 is 2.68 bits per heavy atom. The lowest BCUT2D eigenvalue weighted by atomic mass is 10.2. The first-order valence-corrected chi connectivity index (χ1v) is 7.17. The van der Waals surface area contributed by atoms with Crippen molar-refractivity contribution in [3.63, 3.8) is 0 Å². The van der Waals surface area contributed by atoms with Gasteiger partial charge in [-0.2, -0.15) is 0 Å². The molecule has 3 rings (SSSR count). The van der Waals surface area contributed by atoms with Crippen molar-refractivity contribution in [2.75, 3.05) is 13.1 Å². The Labute approximate surface area is 126 Å². The molecule has 7 heteroatoms. The molecule has 1 aliphatic carbocycles. The van der Waals surface area contributed by atoms with Gasteiger partial charge < -0.3 is 10.2 Å². The predicted molar refractivity (Wildman–Crippen MR) is 75.1 cm³/mol. The molecule has 0 aromatic heterocycles. The van der Waals surface area contributed by atoms with Crippen molar-refractivity contribution in [2.45, 2.75) is 25.4 Å². The number of hydrogen-bond donors (Lipinski definition) is 1. The Bertz CT molecular complexity index is 630. The zero-order valence-corrected chi connectivity index (χ0v) is 11.9. The molecule has 116 valence electrons. The highest BCUT2D eigenvalue weighted by molar-refractivity contribution is 6.04. The van der Waals surface area contributed by atoms with Crippen molar-refractivity contribution in [1.29, 1.82) is 0 Å². The molecule has 6 nitrogen and oxygen atoms in total. The molecule has 0 radical (unpaired) electrons. The van der Waals surface area contributed by atoms with Crippen molar-refractivity contribution in [3.05, 3.63) is 35.6 Å². The lowest BCUT2D eigenvalue weighted by Gasteiger charge is -2.16. The zero-order valence-electron chi connectivity index (χ0n) is 11.9. The number of carbonyl (C=O) groups excluding carboxylic acids is 3. The topological polar surface area (TPSA) is 69.7 Å². The van der Waals surface area contributed by atoms with E-state index in [4.69, 9.17) is 0 Å². The van der Waals surface area contributed by atoms with Crippen LogP contribution in [0.3, 0.4) is 0 Å². The van der Waals surface area contributed by atoms with Gasteiger partial charge in [0.2, 0.25) is 5.91 Å². The van der Waals surface area contributed by atoms with E-state index in [1.165, 1.54) is 11.0 Å². The van der Waals surface area contributed by atoms with Crippen molar-refractivity contribution >= 4 is 17.8 Å². The van der Waals surface area contributed by atoms with Gasteiger partial charge in [0.25, 0.3) is 5.91 Å². The van der Waals surface area contributed by atoms with Crippen LogP contribution < -0.4 is 5.32 Å². The summed E-state index contributed by atoms with van der Waals surface area (Å²) in [5.41, 5.74) is 0.356. The van der Waals surface area contributed by atoms with Crippen LogP contribution in [-0.2, 0) is 16.1 Å². The first-order valence-electron chi connectivity index (χ1n) is 7.17. The van der Waals surface area contributed by atoms with Gasteiger partial charge in [0.05, 0.1) is 0 Å². The quantitative estimate of drug-likeness (QED) is 0.821. The van der Waals surface area contributed by atoms with E-state index in [-0.39, 0.29) is 31.6 Å². The van der Waals surface area contributed by atoms with Crippen LogP contribution in [0.4, 0.5) is 9.18 Å². The minimum atomic E-state index is -0.484. The Balaban J connectivity index is 1.54. The molecule has 4 amide bonds. The molecule has 1 aromatic carbocycles. The molecule has 1 saturated heterocycles. The molecule has 22 heavy (non-hydrogen) atoms. The van der Waals surface area contributed by atoms with E-state index in [0.717, 1.165) is 17.7 Å². The smallest absolute Gasteiger partial charge is 0.327 e. The first kappa shape index (κ1) is 14.5. The third-order valence-corrected chi connectivity index (χ3v) is 3.81. The number of benzene rings is 1. The van der Waals surface area contributed by atoms with Crippen molar-refractivity contribution in [3.8, 4) is 0 Å². The van der Waals surface area contributed by atoms with Gasteiger partial charge in [0.1, 0.15) is 18.9 Å². The Hall–Kier alpha value is -2.44. The van der Waals surface area contributed by atoms with Gasteiger partial charge in [0.15, 0.2) is 0 Å². The largest absolute Gasteiger partial charge is 0.350 e. The van der Waals surface area contributed by atoms with E-state index in [1.54, 1.807) is 18.2 Å². The lowest BCUT2D eigenvalue weighted by molar-refractivity contribution is -0.130. The van der Waals surface area contributed by atoms with Crippen molar-refractivity contribution < 1.29 is 18.8 Å². The molecule has 1 heterocycles. The lowest BCUT2D eigenvalue weighted by Crippen LogP contribution is -2.41. The number of urea groups is 1. The highest BCUT2D eigenvalue weighted by Gasteiger charge is 2.44. The van der Waals surface area contributed by atoms with Crippen LogP contribution in [-0.4, -0.2) is 46.8 Å². The number of halogens is 1. The SMILES string of the molecule is O=C(CN1C(=O)CN(C2CC2)C1=O)NCc1ccccc1F. The molecule has 0 atom stereocenters. The summed E-state index contributed by atoms with van der Waals surface area (Å²) in [5.74, 6) is -1.25. The fourth-order valence-electron chi connectivity index (χ4n) is 2.42. The number of amides is 4. The Kier molecular flexibility index (Phi) is 3.79. The zero-order chi connectivity index (χ0) is 15.7. The van der Waals surface area contributed by atoms with Gasteiger partial charge in [-0.15, -0.1) is 0 Å². The van der Waals surface area contributed by atoms with Crippen molar-refractivity contribution in [2.24, 2.45) is 0 Å². The molecule has 0 bridgehead atoms. The van der Waals surface area contributed by atoms with E-state index in [2.05, 4.69) is 5.32 Å². The summed E-state index contributed by atoms with van der Waals surface area (Å²) in [4.78, 5) is 38.2.